The summed E-state index contributed by atoms with van der Waals surface area (Å²) in [4.78, 5) is 0.330. The zero-order valence-corrected chi connectivity index (χ0v) is 17.0. The molecule has 0 fully saturated rings. The van der Waals surface area contributed by atoms with Gasteiger partial charge in [-0.1, -0.05) is 36.2 Å². The molecule has 0 aliphatic heterocycles. The first-order valence-corrected chi connectivity index (χ1v) is 10.3. The summed E-state index contributed by atoms with van der Waals surface area (Å²) in [5.74, 6) is 0. The molecule has 1 rings (SSSR count). The lowest BCUT2D eigenvalue weighted by molar-refractivity contribution is 0.324. The smallest absolute Gasteiger partial charge is 0.207 e. The molecule has 0 amide bonds. The van der Waals surface area contributed by atoms with Crippen molar-refractivity contribution in [2.24, 2.45) is 0 Å². The van der Waals surface area contributed by atoms with Crippen LogP contribution in [0.25, 0.3) is 0 Å². The number of halogens is 2. The molecule has 0 radical (unpaired) electrons. The third-order valence-corrected chi connectivity index (χ3v) is 7.44. The lowest BCUT2D eigenvalue weighted by Gasteiger charge is -2.28. The first kappa shape index (κ1) is 19.1. The van der Waals surface area contributed by atoms with Crippen LogP contribution in [0.2, 0.25) is 0 Å². The minimum absolute atomic E-state index is 0.00599. The van der Waals surface area contributed by atoms with Crippen LogP contribution in [0.4, 0.5) is 0 Å². The molecule has 0 saturated carbocycles. The van der Waals surface area contributed by atoms with Crippen LogP contribution < -0.4 is 0 Å². The Morgan fingerprint density at radius 1 is 1.19 bits per heavy atom. The standard InChI is InChI=1S/C15H23Br2NO2S/c1-5-7-8-18(12(4)6-2)21(19,20)15-10-13(16)11(3)9-14(15)17/h9-10,12H,5-8H2,1-4H3. The van der Waals surface area contributed by atoms with E-state index in [2.05, 4.69) is 38.8 Å². The van der Waals surface area contributed by atoms with Crippen LogP contribution >= 0.6 is 31.9 Å². The van der Waals surface area contributed by atoms with Crippen LogP contribution in [0.1, 0.15) is 45.6 Å². The van der Waals surface area contributed by atoms with Crippen molar-refractivity contribution in [3.63, 3.8) is 0 Å². The quantitative estimate of drug-likeness (QED) is 0.590. The first-order valence-electron chi connectivity index (χ1n) is 7.23. The maximum absolute atomic E-state index is 13.0. The van der Waals surface area contributed by atoms with Gasteiger partial charge in [-0.15, -0.1) is 0 Å². The van der Waals surface area contributed by atoms with E-state index >= 15 is 0 Å². The lowest BCUT2D eigenvalue weighted by atomic mass is 10.2. The molecule has 120 valence electrons. The van der Waals surface area contributed by atoms with Crippen molar-refractivity contribution in [1.29, 1.82) is 0 Å². The molecule has 0 N–H and O–H groups in total. The maximum atomic E-state index is 13.0. The molecule has 3 nitrogen and oxygen atoms in total. The summed E-state index contributed by atoms with van der Waals surface area (Å²) in [7, 11) is -3.50. The third-order valence-electron chi connectivity index (χ3n) is 3.61. The minimum Gasteiger partial charge on any atom is -0.207 e. The second-order valence-corrected chi connectivity index (χ2v) is 8.83. The van der Waals surface area contributed by atoms with Crippen LogP contribution in [-0.2, 0) is 10.0 Å². The Kier molecular flexibility index (Phi) is 7.37. The van der Waals surface area contributed by atoms with Crippen molar-refractivity contribution in [1.82, 2.24) is 4.31 Å². The number of nitrogens with zero attached hydrogens (tertiary/aromatic N) is 1. The Morgan fingerprint density at radius 2 is 1.81 bits per heavy atom. The van der Waals surface area contributed by atoms with Gasteiger partial charge in [-0.05, 0) is 60.3 Å². The summed E-state index contributed by atoms with van der Waals surface area (Å²) < 4.78 is 29.0. The van der Waals surface area contributed by atoms with E-state index in [1.807, 2.05) is 26.8 Å². The summed E-state index contributed by atoms with van der Waals surface area (Å²) in [6.07, 6.45) is 2.64. The van der Waals surface area contributed by atoms with Gasteiger partial charge in [-0.3, -0.25) is 0 Å². The van der Waals surface area contributed by atoms with Crippen molar-refractivity contribution in [3.8, 4) is 0 Å². The summed E-state index contributed by atoms with van der Waals surface area (Å²) in [6, 6.07) is 3.52. The van der Waals surface area contributed by atoms with Crippen LogP contribution in [-0.4, -0.2) is 25.3 Å². The molecule has 0 aromatic heterocycles. The molecule has 1 aromatic rings. The normalized spacial score (nSPS) is 13.7. The molecular formula is C15H23Br2NO2S. The minimum atomic E-state index is -3.50. The maximum Gasteiger partial charge on any atom is 0.244 e. The topological polar surface area (TPSA) is 37.4 Å². The van der Waals surface area contributed by atoms with Gasteiger partial charge in [0.15, 0.2) is 0 Å². The largest absolute Gasteiger partial charge is 0.244 e. The van der Waals surface area contributed by atoms with Gasteiger partial charge in [0.1, 0.15) is 0 Å². The van der Waals surface area contributed by atoms with E-state index in [1.54, 1.807) is 10.4 Å². The molecular weight excluding hydrogens is 418 g/mol. The van der Waals surface area contributed by atoms with E-state index < -0.39 is 10.0 Å². The van der Waals surface area contributed by atoms with Gasteiger partial charge >= 0.3 is 0 Å². The van der Waals surface area contributed by atoms with Crippen LogP contribution in [0, 0.1) is 6.92 Å². The van der Waals surface area contributed by atoms with Crippen molar-refractivity contribution in [2.75, 3.05) is 6.54 Å². The first-order chi connectivity index (χ1) is 9.75. The number of benzene rings is 1. The highest BCUT2D eigenvalue weighted by molar-refractivity contribution is 9.11. The Hall–Kier alpha value is 0.0900. The van der Waals surface area contributed by atoms with E-state index in [-0.39, 0.29) is 6.04 Å². The number of unbranched alkanes of at least 4 members (excludes halogenated alkanes) is 1. The Labute approximate surface area is 145 Å². The van der Waals surface area contributed by atoms with Gasteiger partial charge in [0.05, 0.1) is 4.90 Å². The van der Waals surface area contributed by atoms with E-state index in [0.29, 0.717) is 15.9 Å². The average Bonchev–Trinajstić information content (AvgIpc) is 2.42. The second-order valence-electron chi connectivity index (χ2n) is 5.26. The van der Waals surface area contributed by atoms with Gasteiger partial charge in [0.2, 0.25) is 10.0 Å². The van der Waals surface area contributed by atoms with E-state index in [0.717, 1.165) is 29.3 Å². The van der Waals surface area contributed by atoms with Crippen molar-refractivity contribution in [2.45, 2.75) is 57.9 Å². The van der Waals surface area contributed by atoms with Crippen molar-refractivity contribution in [3.05, 3.63) is 26.6 Å². The molecule has 6 heteroatoms. The van der Waals surface area contributed by atoms with Gasteiger partial charge in [-0.2, -0.15) is 4.31 Å². The molecule has 0 heterocycles. The number of sulfonamides is 1. The lowest BCUT2D eigenvalue weighted by Crippen LogP contribution is -2.39. The van der Waals surface area contributed by atoms with E-state index in [1.165, 1.54) is 0 Å². The monoisotopic (exact) mass is 439 g/mol. The molecule has 0 spiro atoms. The zero-order chi connectivity index (χ0) is 16.2. The summed E-state index contributed by atoms with van der Waals surface area (Å²) >= 11 is 6.82. The molecule has 0 bridgehead atoms. The third kappa shape index (κ3) is 4.53. The fourth-order valence-corrected chi connectivity index (χ4v) is 5.43. The van der Waals surface area contributed by atoms with E-state index in [9.17, 15) is 8.42 Å². The number of aryl methyl sites for hydroxylation is 1. The summed E-state index contributed by atoms with van der Waals surface area (Å²) in [5.41, 5.74) is 1.00. The molecule has 0 aliphatic carbocycles. The van der Waals surface area contributed by atoms with Crippen LogP contribution in [0.15, 0.2) is 26.0 Å². The summed E-state index contributed by atoms with van der Waals surface area (Å²) in [5, 5.41) is 0. The highest BCUT2D eigenvalue weighted by Gasteiger charge is 2.29. The Bertz CT molecular complexity index is 588. The van der Waals surface area contributed by atoms with Gasteiger partial charge < -0.3 is 0 Å². The zero-order valence-electron chi connectivity index (χ0n) is 13.0. The van der Waals surface area contributed by atoms with Crippen LogP contribution in [0.5, 0.6) is 0 Å². The van der Waals surface area contributed by atoms with Crippen LogP contribution in [0.3, 0.4) is 0 Å². The Balaban J connectivity index is 3.31. The molecule has 1 unspecified atom stereocenters. The van der Waals surface area contributed by atoms with Crippen molar-refractivity contribution < 1.29 is 8.42 Å². The predicted octanol–water partition coefficient (Wildman–Crippen LogP) is 5.11. The number of hydrogen-bond donors (Lipinski definition) is 0. The fourth-order valence-electron chi connectivity index (χ4n) is 2.05. The van der Waals surface area contributed by atoms with Gasteiger partial charge in [0, 0.05) is 21.5 Å². The number of rotatable bonds is 7. The van der Waals surface area contributed by atoms with Crippen molar-refractivity contribution >= 4 is 41.9 Å². The summed E-state index contributed by atoms with van der Waals surface area (Å²) in [6.45, 7) is 8.55. The van der Waals surface area contributed by atoms with E-state index in [4.69, 9.17) is 0 Å². The van der Waals surface area contributed by atoms with Gasteiger partial charge in [0.25, 0.3) is 0 Å². The van der Waals surface area contributed by atoms with Gasteiger partial charge in [-0.25, -0.2) is 8.42 Å². The second kappa shape index (κ2) is 8.09. The highest BCUT2D eigenvalue weighted by atomic mass is 79.9. The molecule has 21 heavy (non-hydrogen) atoms. The molecule has 1 aromatic carbocycles. The Morgan fingerprint density at radius 3 is 2.33 bits per heavy atom. The molecule has 0 saturated heterocycles. The average molecular weight is 441 g/mol. The molecule has 0 aliphatic rings. The molecule has 1 atom stereocenters. The SMILES string of the molecule is CCCCN(C(C)CC)S(=O)(=O)c1cc(Br)c(C)cc1Br. The number of hydrogen-bond acceptors (Lipinski definition) is 2. The predicted molar refractivity (Wildman–Crippen MR) is 95.1 cm³/mol. The highest BCUT2D eigenvalue weighted by Crippen LogP contribution is 2.32. The fraction of sp³-hybridized carbons (Fsp3) is 0.600.